The number of carbonyl (C=O) groups excluding carboxylic acids is 1. The number of rotatable bonds is 5. The van der Waals surface area contributed by atoms with Crippen molar-refractivity contribution in [3.05, 3.63) is 35.6 Å². The number of halogens is 1. The Labute approximate surface area is 140 Å². The number of hydrogen-bond donors (Lipinski definition) is 1. The first-order valence-corrected chi connectivity index (χ1v) is 7.87. The average Bonchev–Trinajstić information content (AvgIpc) is 2.46. The number of aromatic nitrogens is 1. The van der Waals surface area contributed by atoms with E-state index < -0.39 is 11.7 Å². The van der Waals surface area contributed by atoms with Gasteiger partial charge >= 0.3 is 6.09 Å². The lowest BCUT2D eigenvalue weighted by atomic mass is 10.1. The van der Waals surface area contributed by atoms with Crippen molar-refractivity contribution >= 4 is 28.5 Å². The maximum atomic E-state index is 11.5. The highest BCUT2D eigenvalue weighted by atomic mass is 35.5. The van der Waals surface area contributed by atoms with Crippen LogP contribution in [0.15, 0.2) is 30.5 Å². The van der Waals surface area contributed by atoms with Crippen LogP contribution in [-0.4, -0.2) is 29.8 Å². The molecule has 1 amide bonds. The van der Waals surface area contributed by atoms with E-state index in [1.54, 1.807) is 6.20 Å². The molecule has 5 nitrogen and oxygen atoms in total. The summed E-state index contributed by atoms with van der Waals surface area (Å²) in [5, 5.41) is 4.94. The summed E-state index contributed by atoms with van der Waals surface area (Å²) in [5.74, 6) is 0.754. The third-order valence-electron chi connectivity index (χ3n) is 2.96. The van der Waals surface area contributed by atoms with Gasteiger partial charge in [-0.1, -0.05) is 23.7 Å². The maximum absolute atomic E-state index is 11.5. The van der Waals surface area contributed by atoms with Crippen molar-refractivity contribution in [1.29, 1.82) is 0 Å². The first-order valence-electron chi connectivity index (χ1n) is 7.50. The zero-order valence-corrected chi connectivity index (χ0v) is 14.3. The first kappa shape index (κ1) is 17.3. The van der Waals surface area contributed by atoms with Gasteiger partial charge in [0.1, 0.15) is 16.5 Å². The van der Waals surface area contributed by atoms with E-state index >= 15 is 0 Å². The minimum atomic E-state index is -0.489. The second-order valence-electron chi connectivity index (χ2n) is 6.08. The summed E-state index contributed by atoms with van der Waals surface area (Å²) in [5.41, 5.74) is -0.489. The number of pyridine rings is 1. The molecule has 1 N–H and O–H groups in total. The molecule has 0 spiro atoms. The highest BCUT2D eigenvalue weighted by molar-refractivity contribution is 6.34. The molecule has 0 bridgehead atoms. The molecule has 0 fully saturated rings. The molecule has 1 aromatic carbocycles. The van der Waals surface area contributed by atoms with Gasteiger partial charge in [0.15, 0.2) is 0 Å². The van der Waals surface area contributed by atoms with Gasteiger partial charge in [-0.2, -0.15) is 0 Å². The van der Waals surface area contributed by atoms with Crippen LogP contribution in [0.3, 0.4) is 0 Å². The van der Waals surface area contributed by atoms with Crippen LogP contribution in [-0.2, 0) is 4.74 Å². The smallest absolute Gasteiger partial charge is 0.407 e. The molecule has 2 rings (SSSR count). The van der Waals surface area contributed by atoms with Crippen LogP contribution in [0.5, 0.6) is 5.75 Å². The van der Waals surface area contributed by atoms with Crippen molar-refractivity contribution in [3.63, 3.8) is 0 Å². The number of alkyl carbamates (subject to hydrolysis) is 1. The van der Waals surface area contributed by atoms with E-state index in [1.165, 1.54) is 0 Å². The van der Waals surface area contributed by atoms with E-state index in [-0.39, 0.29) is 0 Å². The molecule has 0 aliphatic rings. The monoisotopic (exact) mass is 336 g/mol. The van der Waals surface area contributed by atoms with Gasteiger partial charge in [-0.15, -0.1) is 0 Å². The van der Waals surface area contributed by atoms with Gasteiger partial charge in [0, 0.05) is 23.5 Å². The molecule has 0 saturated heterocycles. The minimum absolute atomic E-state index is 0.416. The fourth-order valence-corrected chi connectivity index (χ4v) is 2.25. The Balaban J connectivity index is 1.81. The van der Waals surface area contributed by atoms with Gasteiger partial charge in [0.25, 0.3) is 0 Å². The molecular formula is C17H21ClN2O3. The molecule has 23 heavy (non-hydrogen) atoms. The van der Waals surface area contributed by atoms with E-state index in [9.17, 15) is 4.79 Å². The number of amides is 1. The second kappa shape index (κ2) is 7.51. The van der Waals surface area contributed by atoms with E-state index in [2.05, 4.69) is 10.3 Å². The Morgan fingerprint density at radius 2 is 2.04 bits per heavy atom. The van der Waals surface area contributed by atoms with Crippen LogP contribution >= 0.6 is 11.6 Å². The first-order chi connectivity index (χ1) is 10.9. The van der Waals surface area contributed by atoms with Crippen LogP contribution in [0.25, 0.3) is 10.8 Å². The van der Waals surface area contributed by atoms with Crippen LogP contribution in [0.4, 0.5) is 4.79 Å². The van der Waals surface area contributed by atoms with Gasteiger partial charge in [0.2, 0.25) is 0 Å². The highest BCUT2D eigenvalue weighted by Crippen LogP contribution is 2.28. The molecule has 124 valence electrons. The summed E-state index contributed by atoms with van der Waals surface area (Å²) in [4.78, 5) is 15.6. The largest absolute Gasteiger partial charge is 0.493 e. The third kappa shape index (κ3) is 5.28. The molecule has 0 aliphatic carbocycles. The van der Waals surface area contributed by atoms with E-state index in [0.717, 1.165) is 16.5 Å². The lowest BCUT2D eigenvalue weighted by Crippen LogP contribution is -2.33. The maximum Gasteiger partial charge on any atom is 0.407 e. The quantitative estimate of drug-likeness (QED) is 0.657. The van der Waals surface area contributed by atoms with Gasteiger partial charge in [-0.25, -0.2) is 9.78 Å². The fraction of sp³-hybridized carbons (Fsp3) is 0.412. The highest BCUT2D eigenvalue weighted by Gasteiger charge is 2.15. The lowest BCUT2D eigenvalue weighted by molar-refractivity contribution is 0.0525. The number of nitrogens with zero attached hydrogens (tertiary/aromatic N) is 1. The Bertz CT molecular complexity index is 683. The van der Waals surface area contributed by atoms with Crippen LogP contribution in [0, 0.1) is 0 Å². The summed E-state index contributed by atoms with van der Waals surface area (Å²) < 4.78 is 10.9. The zero-order valence-electron chi connectivity index (χ0n) is 13.6. The lowest BCUT2D eigenvalue weighted by Gasteiger charge is -2.19. The van der Waals surface area contributed by atoms with E-state index in [1.807, 2.05) is 45.0 Å². The summed E-state index contributed by atoms with van der Waals surface area (Å²) >= 11 is 6.07. The predicted octanol–water partition coefficient (Wildman–Crippen LogP) is 4.18. The van der Waals surface area contributed by atoms with Crippen molar-refractivity contribution in [2.75, 3.05) is 13.2 Å². The number of fused-ring (bicyclic) bond motifs is 1. The Kier molecular flexibility index (Phi) is 5.66. The Morgan fingerprint density at radius 3 is 2.78 bits per heavy atom. The van der Waals surface area contributed by atoms with Crippen molar-refractivity contribution < 1.29 is 14.3 Å². The van der Waals surface area contributed by atoms with Crippen LogP contribution in [0.1, 0.15) is 27.2 Å². The summed E-state index contributed by atoms with van der Waals surface area (Å²) in [6.45, 7) is 6.46. The number of nitrogens with one attached hydrogen (secondary N) is 1. The van der Waals surface area contributed by atoms with Crippen LogP contribution in [0.2, 0.25) is 5.15 Å². The summed E-state index contributed by atoms with van der Waals surface area (Å²) in [6, 6.07) is 7.54. The number of hydrogen-bond acceptors (Lipinski definition) is 4. The normalized spacial score (nSPS) is 11.3. The van der Waals surface area contributed by atoms with Crippen molar-refractivity contribution in [2.24, 2.45) is 0 Å². The van der Waals surface area contributed by atoms with E-state index in [0.29, 0.717) is 24.7 Å². The number of benzene rings is 1. The van der Waals surface area contributed by atoms with Gasteiger partial charge in [0.05, 0.1) is 6.61 Å². The van der Waals surface area contributed by atoms with Crippen molar-refractivity contribution in [2.45, 2.75) is 32.8 Å². The number of carbonyl (C=O) groups is 1. The third-order valence-corrected chi connectivity index (χ3v) is 3.27. The van der Waals surface area contributed by atoms with Crippen molar-refractivity contribution in [3.8, 4) is 5.75 Å². The second-order valence-corrected chi connectivity index (χ2v) is 6.44. The molecule has 1 aromatic heterocycles. The minimum Gasteiger partial charge on any atom is -0.493 e. The predicted molar refractivity (Wildman–Crippen MR) is 91.1 cm³/mol. The zero-order chi connectivity index (χ0) is 16.9. The van der Waals surface area contributed by atoms with Crippen LogP contribution < -0.4 is 10.1 Å². The molecule has 0 radical (unpaired) electrons. The molecule has 0 unspecified atom stereocenters. The van der Waals surface area contributed by atoms with E-state index in [4.69, 9.17) is 21.1 Å². The van der Waals surface area contributed by atoms with Crippen molar-refractivity contribution in [1.82, 2.24) is 10.3 Å². The topological polar surface area (TPSA) is 60.5 Å². The summed E-state index contributed by atoms with van der Waals surface area (Å²) in [7, 11) is 0. The van der Waals surface area contributed by atoms with Gasteiger partial charge < -0.3 is 14.8 Å². The molecule has 0 aliphatic heterocycles. The molecule has 0 saturated carbocycles. The molecular weight excluding hydrogens is 316 g/mol. The van der Waals surface area contributed by atoms with Gasteiger partial charge in [-0.05, 0) is 39.3 Å². The molecule has 2 aromatic rings. The average molecular weight is 337 g/mol. The Hall–Kier alpha value is -2.01. The molecule has 1 heterocycles. The standard InChI is InChI=1S/C17H21ClN2O3/c1-17(2,3)23-16(21)20-9-5-11-22-14-7-4-6-13-12(14)8-10-19-15(13)18/h4,6-8,10H,5,9,11H2,1-3H3,(H,20,21). The van der Waals surface area contributed by atoms with Gasteiger partial charge in [-0.3, -0.25) is 0 Å². The number of ether oxygens (including phenoxy) is 2. The molecule has 6 heteroatoms. The molecule has 0 atom stereocenters. The fourth-order valence-electron chi connectivity index (χ4n) is 2.03. The summed E-state index contributed by atoms with van der Waals surface area (Å²) in [6.07, 6.45) is 1.91. The SMILES string of the molecule is CC(C)(C)OC(=O)NCCCOc1cccc2c(Cl)nccc12. The Morgan fingerprint density at radius 1 is 1.26 bits per heavy atom.